The molecule has 34 heavy (non-hydrogen) atoms. The van der Waals surface area contributed by atoms with Crippen LogP contribution in [0.15, 0.2) is 68.0 Å². The Morgan fingerprint density at radius 1 is 1.12 bits per heavy atom. The Hall–Kier alpha value is -2.90. The molecule has 174 valence electrons. The molecule has 1 heterocycles. The number of hydrogen-bond acceptors (Lipinski definition) is 4. The summed E-state index contributed by atoms with van der Waals surface area (Å²) in [5.41, 5.74) is 5.98. The van der Waals surface area contributed by atoms with Crippen molar-refractivity contribution in [1.29, 1.82) is 0 Å². The van der Waals surface area contributed by atoms with E-state index >= 15 is 0 Å². The molecule has 0 unspecified atom stereocenters. The average Bonchev–Trinajstić information content (AvgIpc) is 3.22. The number of fused-ring (bicyclic) bond motifs is 1. The molecular weight excluding hydrogens is 560 g/mol. The first-order valence-electron chi connectivity index (χ1n) is 10.8. The Morgan fingerprint density at radius 2 is 1.91 bits per heavy atom. The van der Waals surface area contributed by atoms with Crippen LogP contribution in [0.5, 0.6) is 5.75 Å². The van der Waals surface area contributed by atoms with E-state index in [9.17, 15) is 4.79 Å². The monoisotopic (exact) mass is 582 g/mol. The number of oxazole rings is 1. The van der Waals surface area contributed by atoms with Crippen LogP contribution in [0.4, 0.5) is 5.69 Å². The molecule has 0 saturated heterocycles. The maximum atomic E-state index is 12.7. The van der Waals surface area contributed by atoms with Gasteiger partial charge >= 0.3 is 0 Å². The van der Waals surface area contributed by atoms with Gasteiger partial charge in [0.1, 0.15) is 11.3 Å². The number of nitrogens with one attached hydrogen (secondary N) is 1. The van der Waals surface area contributed by atoms with E-state index < -0.39 is 0 Å². The van der Waals surface area contributed by atoms with Crippen molar-refractivity contribution in [3.63, 3.8) is 0 Å². The fourth-order valence-corrected chi connectivity index (χ4v) is 5.00. The number of anilines is 1. The SMILES string of the molecule is COc1c(Br)cc(Br)cc1/C=C/C(=O)Nc1cc(-c2nc3cc(C(C)C)ccc3o2)ccc1C. The Bertz CT molecular complexity index is 1410. The van der Waals surface area contributed by atoms with Gasteiger partial charge in [-0.05, 0) is 82.4 Å². The maximum absolute atomic E-state index is 12.7. The van der Waals surface area contributed by atoms with E-state index in [4.69, 9.17) is 9.15 Å². The van der Waals surface area contributed by atoms with Crippen molar-refractivity contribution in [3.05, 3.63) is 80.2 Å². The minimum absolute atomic E-state index is 0.252. The highest BCUT2D eigenvalue weighted by Crippen LogP contribution is 2.34. The number of methoxy groups -OCH3 is 1. The molecule has 0 saturated carbocycles. The molecule has 0 aliphatic carbocycles. The highest BCUT2D eigenvalue weighted by molar-refractivity contribution is 9.11. The van der Waals surface area contributed by atoms with Gasteiger partial charge < -0.3 is 14.5 Å². The lowest BCUT2D eigenvalue weighted by Gasteiger charge is -2.09. The molecule has 0 bridgehead atoms. The number of ether oxygens (including phenoxy) is 1. The molecule has 1 N–H and O–H groups in total. The maximum Gasteiger partial charge on any atom is 0.248 e. The minimum atomic E-state index is -0.252. The lowest BCUT2D eigenvalue weighted by Crippen LogP contribution is -2.09. The predicted octanol–water partition coefficient (Wildman–Crippen LogP) is 8.11. The van der Waals surface area contributed by atoms with E-state index in [0.29, 0.717) is 23.2 Å². The third-order valence-corrected chi connectivity index (χ3v) is 6.52. The third-order valence-electron chi connectivity index (χ3n) is 5.48. The van der Waals surface area contributed by atoms with Crippen LogP contribution in [-0.4, -0.2) is 18.0 Å². The van der Waals surface area contributed by atoms with Crippen LogP contribution in [0.2, 0.25) is 0 Å². The van der Waals surface area contributed by atoms with Crippen molar-refractivity contribution in [3.8, 4) is 17.2 Å². The van der Waals surface area contributed by atoms with Gasteiger partial charge in [0, 0.05) is 27.4 Å². The zero-order valence-corrected chi connectivity index (χ0v) is 22.5. The first-order chi connectivity index (χ1) is 16.2. The van der Waals surface area contributed by atoms with Crippen molar-refractivity contribution >= 4 is 60.6 Å². The summed E-state index contributed by atoms with van der Waals surface area (Å²) in [5, 5.41) is 2.96. The first kappa shape index (κ1) is 24.2. The van der Waals surface area contributed by atoms with Gasteiger partial charge in [-0.1, -0.05) is 41.9 Å². The second kappa shape index (κ2) is 10.2. The number of halogens is 2. The smallest absolute Gasteiger partial charge is 0.248 e. The van der Waals surface area contributed by atoms with Crippen LogP contribution in [0.25, 0.3) is 28.6 Å². The molecular formula is C27H24Br2N2O3. The summed E-state index contributed by atoms with van der Waals surface area (Å²) in [7, 11) is 1.59. The van der Waals surface area contributed by atoms with Crippen molar-refractivity contribution in [2.24, 2.45) is 0 Å². The number of carbonyl (C=O) groups excluding carboxylic acids is 1. The number of amides is 1. The van der Waals surface area contributed by atoms with Gasteiger partial charge in [0.15, 0.2) is 5.58 Å². The van der Waals surface area contributed by atoms with Crippen LogP contribution in [0.1, 0.15) is 36.5 Å². The highest BCUT2D eigenvalue weighted by Gasteiger charge is 2.13. The Morgan fingerprint density at radius 3 is 2.65 bits per heavy atom. The molecule has 1 amide bonds. The molecule has 0 radical (unpaired) electrons. The zero-order valence-electron chi connectivity index (χ0n) is 19.3. The fourth-order valence-electron chi connectivity index (χ4n) is 3.58. The summed E-state index contributed by atoms with van der Waals surface area (Å²) in [6.07, 6.45) is 3.20. The number of rotatable bonds is 6. The molecule has 1 aromatic heterocycles. The van der Waals surface area contributed by atoms with Crippen LogP contribution in [0, 0.1) is 6.92 Å². The van der Waals surface area contributed by atoms with Crippen molar-refractivity contribution in [1.82, 2.24) is 4.98 Å². The number of nitrogens with zero attached hydrogens (tertiary/aromatic N) is 1. The van der Waals surface area contributed by atoms with E-state index in [2.05, 4.69) is 68.1 Å². The topological polar surface area (TPSA) is 64.4 Å². The van der Waals surface area contributed by atoms with Crippen molar-refractivity contribution in [2.75, 3.05) is 12.4 Å². The summed E-state index contributed by atoms with van der Waals surface area (Å²) in [6, 6.07) is 15.6. The van der Waals surface area contributed by atoms with Crippen molar-refractivity contribution in [2.45, 2.75) is 26.7 Å². The van der Waals surface area contributed by atoms with Crippen LogP contribution >= 0.6 is 31.9 Å². The van der Waals surface area contributed by atoms with E-state index in [1.54, 1.807) is 13.2 Å². The summed E-state index contributed by atoms with van der Waals surface area (Å²) in [6.45, 7) is 6.24. The van der Waals surface area contributed by atoms with Gasteiger partial charge in [-0.25, -0.2) is 4.98 Å². The normalized spacial score (nSPS) is 11.5. The van der Waals surface area contributed by atoms with E-state index in [1.807, 2.05) is 43.3 Å². The van der Waals surface area contributed by atoms with Crippen molar-refractivity contribution < 1.29 is 13.9 Å². The molecule has 0 spiro atoms. The second-order valence-electron chi connectivity index (χ2n) is 8.26. The van der Waals surface area contributed by atoms with Gasteiger partial charge in [0.05, 0.1) is 11.6 Å². The number of hydrogen-bond donors (Lipinski definition) is 1. The first-order valence-corrected chi connectivity index (χ1v) is 12.4. The van der Waals surface area contributed by atoms with Crippen LogP contribution < -0.4 is 10.1 Å². The molecule has 0 atom stereocenters. The summed E-state index contributed by atoms with van der Waals surface area (Å²) in [5.74, 6) is 1.34. The standard InChI is InChI=1S/C27H24Br2N2O3/c1-15(2)17-7-9-24-23(12-17)31-27(34-24)19-6-5-16(3)22(13-19)30-25(32)10-8-18-11-20(28)14-21(29)26(18)33-4/h5-15H,1-4H3,(H,30,32)/b10-8+. The summed E-state index contributed by atoms with van der Waals surface area (Å²) >= 11 is 6.94. The van der Waals surface area contributed by atoms with E-state index in [0.717, 1.165) is 36.7 Å². The molecule has 0 aliphatic rings. The molecule has 4 aromatic rings. The van der Waals surface area contributed by atoms with Gasteiger partial charge in [-0.2, -0.15) is 0 Å². The number of benzene rings is 3. The second-order valence-corrected chi connectivity index (χ2v) is 10.0. The zero-order chi connectivity index (χ0) is 24.4. The number of carbonyl (C=O) groups is 1. The quantitative estimate of drug-likeness (QED) is 0.233. The molecule has 0 fully saturated rings. The summed E-state index contributed by atoms with van der Waals surface area (Å²) in [4.78, 5) is 17.4. The van der Waals surface area contributed by atoms with Gasteiger partial charge in [-0.15, -0.1) is 0 Å². The largest absolute Gasteiger partial charge is 0.495 e. The predicted molar refractivity (Wildman–Crippen MR) is 144 cm³/mol. The van der Waals surface area contributed by atoms with Gasteiger partial charge in [0.25, 0.3) is 0 Å². The Kier molecular flexibility index (Phi) is 7.24. The summed E-state index contributed by atoms with van der Waals surface area (Å²) < 4.78 is 13.1. The number of aryl methyl sites for hydroxylation is 1. The molecule has 0 aliphatic heterocycles. The lowest BCUT2D eigenvalue weighted by molar-refractivity contribution is -0.111. The average molecular weight is 584 g/mol. The Labute approximate surface area is 215 Å². The highest BCUT2D eigenvalue weighted by atomic mass is 79.9. The van der Waals surface area contributed by atoms with Gasteiger partial charge in [0.2, 0.25) is 11.8 Å². The van der Waals surface area contributed by atoms with Crippen LogP contribution in [0.3, 0.4) is 0 Å². The molecule has 5 nitrogen and oxygen atoms in total. The third kappa shape index (κ3) is 5.26. The van der Waals surface area contributed by atoms with E-state index in [-0.39, 0.29) is 5.91 Å². The molecule has 3 aromatic carbocycles. The van der Waals surface area contributed by atoms with Crippen LogP contribution in [-0.2, 0) is 4.79 Å². The van der Waals surface area contributed by atoms with E-state index in [1.165, 1.54) is 11.6 Å². The van der Waals surface area contributed by atoms with Gasteiger partial charge in [-0.3, -0.25) is 4.79 Å². The Balaban J connectivity index is 1.58. The number of aromatic nitrogens is 1. The minimum Gasteiger partial charge on any atom is -0.495 e. The fraction of sp³-hybridized carbons (Fsp3) is 0.185. The molecule has 7 heteroatoms. The molecule has 4 rings (SSSR count). The lowest BCUT2D eigenvalue weighted by atomic mass is 10.0.